The Hall–Kier alpha value is 0.240. The van der Waals surface area contributed by atoms with Crippen LogP contribution < -0.4 is 5.32 Å². The van der Waals surface area contributed by atoms with Crippen LogP contribution in [0.25, 0.3) is 0 Å². The molecule has 1 rings (SSSR count). The molecule has 0 aromatic rings. The summed E-state index contributed by atoms with van der Waals surface area (Å²) in [6, 6.07) is 0. The summed E-state index contributed by atoms with van der Waals surface area (Å²) in [6.07, 6.45) is 3.72. The minimum Gasteiger partial charge on any atom is -0.317 e. The molecule has 1 heterocycles. The molecule has 16 heavy (non-hydrogen) atoms. The Balaban J connectivity index is 2.36. The fourth-order valence-corrected chi connectivity index (χ4v) is 2.47. The lowest BCUT2D eigenvalue weighted by Crippen LogP contribution is -2.37. The number of hydrogen-bond donors (Lipinski definition) is 1. The van der Waals surface area contributed by atoms with Crippen molar-refractivity contribution in [1.82, 2.24) is 10.2 Å². The average Bonchev–Trinajstić information content (AvgIpc) is 2.30. The highest BCUT2D eigenvalue weighted by Crippen LogP contribution is 2.15. The summed E-state index contributed by atoms with van der Waals surface area (Å²) in [7, 11) is 0. The van der Waals surface area contributed by atoms with Gasteiger partial charge in [-0.15, -0.1) is 0 Å². The number of halogens is 2. The van der Waals surface area contributed by atoms with Crippen molar-refractivity contribution in [2.75, 3.05) is 32.7 Å². The zero-order chi connectivity index (χ0) is 11.8. The molecular formula is C12H22Cl2N2. The normalized spacial score (nSPS) is 19.4. The fraction of sp³-hybridized carbons (Fsp3) is 0.833. The number of nitrogens with one attached hydrogen (secondary N) is 1. The first-order chi connectivity index (χ1) is 7.76. The number of piperidine rings is 1. The maximum Gasteiger partial charge on any atom is 0.0434 e. The topological polar surface area (TPSA) is 15.3 Å². The highest BCUT2D eigenvalue weighted by Gasteiger charge is 2.16. The van der Waals surface area contributed by atoms with Crippen LogP contribution in [0.2, 0.25) is 0 Å². The smallest absolute Gasteiger partial charge is 0.0434 e. The molecular weight excluding hydrogens is 243 g/mol. The molecule has 0 saturated carbocycles. The molecule has 0 bridgehead atoms. The summed E-state index contributed by atoms with van der Waals surface area (Å²) in [5.74, 6) is 0.813. The lowest BCUT2D eigenvalue weighted by molar-refractivity contribution is 0.221. The summed E-state index contributed by atoms with van der Waals surface area (Å²) in [5.41, 5.74) is 1.48. The van der Waals surface area contributed by atoms with Crippen LogP contribution in [0.15, 0.2) is 10.6 Å². The zero-order valence-electron chi connectivity index (χ0n) is 10.0. The molecule has 0 aromatic heterocycles. The van der Waals surface area contributed by atoms with Crippen LogP contribution in [-0.2, 0) is 0 Å². The SMILES string of the molecule is CCCN(CC(Cl)=CCl)CC1CCNCC1. The van der Waals surface area contributed by atoms with Crippen LogP contribution in [0.4, 0.5) is 0 Å². The van der Waals surface area contributed by atoms with Gasteiger partial charge in [0.2, 0.25) is 0 Å². The summed E-state index contributed by atoms with van der Waals surface area (Å²) in [6.45, 7) is 7.56. The quantitative estimate of drug-likeness (QED) is 0.794. The summed E-state index contributed by atoms with van der Waals surface area (Å²) >= 11 is 11.6. The Kier molecular flexibility index (Phi) is 7.46. The minimum atomic E-state index is 0.740. The third-order valence-electron chi connectivity index (χ3n) is 3.01. The molecule has 1 N–H and O–H groups in total. The summed E-state index contributed by atoms with van der Waals surface area (Å²) in [4.78, 5) is 2.41. The van der Waals surface area contributed by atoms with Crippen molar-refractivity contribution in [1.29, 1.82) is 0 Å². The minimum absolute atomic E-state index is 0.740. The molecule has 2 nitrogen and oxygen atoms in total. The molecule has 0 spiro atoms. The van der Waals surface area contributed by atoms with E-state index in [9.17, 15) is 0 Å². The van der Waals surface area contributed by atoms with Crippen molar-refractivity contribution in [3.63, 3.8) is 0 Å². The largest absolute Gasteiger partial charge is 0.317 e. The van der Waals surface area contributed by atoms with Crippen LogP contribution in [0, 0.1) is 5.92 Å². The van der Waals surface area contributed by atoms with Crippen molar-refractivity contribution >= 4 is 23.2 Å². The van der Waals surface area contributed by atoms with E-state index in [1.165, 1.54) is 18.4 Å². The highest BCUT2D eigenvalue weighted by molar-refractivity contribution is 6.36. The summed E-state index contributed by atoms with van der Waals surface area (Å²) in [5, 5.41) is 4.13. The van der Waals surface area contributed by atoms with Crippen LogP contribution in [-0.4, -0.2) is 37.6 Å². The van der Waals surface area contributed by atoms with Crippen molar-refractivity contribution in [2.45, 2.75) is 26.2 Å². The van der Waals surface area contributed by atoms with Crippen LogP contribution in [0.1, 0.15) is 26.2 Å². The molecule has 0 unspecified atom stereocenters. The van der Waals surface area contributed by atoms with E-state index in [2.05, 4.69) is 17.1 Å². The third-order valence-corrected chi connectivity index (χ3v) is 3.61. The Morgan fingerprint density at radius 1 is 1.44 bits per heavy atom. The molecule has 4 heteroatoms. The van der Waals surface area contributed by atoms with Gasteiger partial charge < -0.3 is 5.32 Å². The van der Waals surface area contributed by atoms with Gasteiger partial charge in [-0.1, -0.05) is 30.1 Å². The predicted octanol–water partition coefficient (Wildman–Crippen LogP) is 3.02. The van der Waals surface area contributed by atoms with Crippen LogP contribution in [0.5, 0.6) is 0 Å². The fourth-order valence-electron chi connectivity index (χ4n) is 2.23. The van der Waals surface area contributed by atoms with Crippen LogP contribution >= 0.6 is 23.2 Å². The first kappa shape index (κ1) is 14.3. The third kappa shape index (κ3) is 5.53. The first-order valence-electron chi connectivity index (χ1n) is 6.14. The Morgan fingerprint density at radius 2 is 2.12 bits per heavy atom. The predicted molar refractivity (Wildman–Crippen MR) is 72.1 cm³/mol. The molecule has 0 radical (unpaired) electrons. The molecule has 1 aliphatic rings. The highest BCUT2D eigenvalue weighted by atomic mass is 35.5. The van der Waals surface area contributed by atoms with Crippen molar-refractivity contribution < 1.29 is 0 Å². The molecule has 0 amide bonds. The van der Waals surface area contributed by atoms with E-state index in [1.807, 2.05) is 0 Å². The van der Waals surface area contributed by atoms with E-state index in [-0.39, 0.29) is 0 Å². The molecule has 1 aliphatic heterocycles. The molecule has 0 aromatic carbocycles. The van der Waals surface area contributed by atoms with E-state index in [1.54, 1.807) is 0 Å². The lowest BCUT2D eigenvalue weighted by atomic mass is 9.97. The Labute approximate surface area is 109 Å². The van der Waals surface area contributed by atoms with Gasteiger partial charge >= 0.3 is 0 Å². The molecule has 1 fully saturated rings. The van der Waals surface area contributed by atoms with E-state index < -0.39 is 0 Å². The Bertz CT molecular complexity index is 213. The van der Waals surface area contributed by atoms with E-state index >= 15 is 0 Å². The van der Waals surface area contributed by atoms with E-state index in [0.717, 1.165) is 50.1 Å². The number of rotatable bonds is 6. The number of hydrogen-bond acceptors (Lipinski definition) is 2. The maximum atomic E-state index is 5.99. The van der Waals surface area contributed by atoms with Gasteiger partial charge in [-0.05, 0) is 44.8 Å². The summed E-state index contributed by atoms with van der Waals surface area (Å²) < 4.78 is 0. The van der Waals surface area contributed by atoms with Gasteiger partial charge in [0.25, 0.3) is 0 Å². The van der Waals surface area contributed by atoms with Gasteiger partial charge in [-0.2, -0.15) is 0 Å². The monoisotopic (exact) mass is 264 g/mol. The van der Waals surface area contributed by atoms with Crippen LogP contribution in [0.3, 0.4) is 0 Å². The van der Waals surface area contributed by atoms with Gasteiger partial charge in [-0.25, -0.2) is 0 Å². The van der Waals surface area contributed by atoms with Gasteiger partial charge in [0.05, 0.1) is 0 Å². The second-order valence-corrected chi connectivity index (χ2v) is 5.19. The van der Waals surface area contributed by atoms with E-state index in [4.69, 9.17) is 23.2 Å². The van der Waals surface area contributed by atoms with Crippen molar-refractivity contribution in [2.24, 2.45) is 5.92 Å². The van der Waals surface area contributed by atoms with Crippen molar-refractivity contribution in [3.05, 3.63) is 10.6 Å². The number of nitrogens with zero attached hydrogens (tertiary/aromatic N) is 1. The second kappa shape index (κ2) is 8.35. The lowest BCUT2D eigenvalue weighted by Gasteiger charge is -2.29. The standard InChI is InChI=1S/C12H22Cl2N2/c1-2-7-16(10-12(14)8-13)9-11-3-5-15-6-4-11/h8,11,15H,2-7,9-10H2,1H3. The molecule has 1 saturated heterocycles. The van der Waals surface area contributed by atoms with E-state index in [0.29, 0.717) is 0 Å². The molecule has 94 valence electrons. The molecule has 0 atom stereocenters. The maximum absolute atomic E-state index is 5.99. The van der Waals surface area contributed by atoms with Gasteiger partial charge in [0.15, 0.2) is 0 Å². The zero-order valence-corrected chi connectivity index (χ0v) is 11.5. The second-order valence-electron chi connectivity index (χ2n) is 4.48. The first-order valence-corrected chi connectivity index (χ1v) is 6.95. The average molecular weight is 265 g/mol. The Morgan fingerprint density at radius 3 is 2.69 bits per heavy atom. The van der Waals surface area contributed by atoms with Gasteiger partial charge in [0, 0.05) is 23.7 Å². The van der Waals surface area contributed by atoms with Gasteiger partial charge in [0.1, 0.15) is 0 Å². The van der Waals surface area contributed by atoms with Gasteiger partial charge in [-0.3, -0.25) is 4.90 Å². The molecule has 0 aliphatic carbocycles. The van der Waals surface area contributed by atoms with Crippen molar-refractivity contribution in [3.8, 4) is 0 Å².